The first-order valence-corrected chi connectivity index (χ1v) is 9.37. The minimum Gasteiger partial charge on any atom is -0.496 e. The molecule has 0 heterocycles. The van der Waals surface area contributed by atoms with E-state index in [-0.39, 0.29) is 22.3 Å². The quantitative estimate of drug-likeness (QED) is 0.770. The number of carbonyl (C=O) groups excluding carboxylic acids is 1. The topological polar surface area (TPSA) is 93.7 Å². The van der Waals surface area contributed by atoms with Gasteiger partial charge in [-0.2, -0.15) is 0 Å². The Labute approximate surface area is 153 Å². The zero-order chi connectivity index (χ0) is 19.3. The predicted molar refractivity (Wildman–Crippen MR) is 98.1 cm³/mol. The van der Waals surface area contributed by atoms with Gasteiger partial charge in [0.1, 0.15) is 16.4 Å². The van der Waals surface area contributed by atoms with Crippen molar-refractivity contribution in [2.24, 2.45) is 0 Å². The average molecular weight is 378 g/mol. The van der Waals surface area contributed by atoms with Crippen LogP contribution in [0.1, 0.15) is 28.9 Å². The summed E-state index contributed by atoms with van der Waals surface area (Å²) in [6.45, 7) is 1.82. The van der Waals surface area contributed by atoms with E-state index in [2.05, 4.69) is 10.0 Å². The molecule has 0 aliphatic rings. The van der Waals surface area contributed by atoms with Crippen LogP contribution in [0.2, 0.25) is 0 Å². The van der Waals surface area contributed by atoms with Crippen molar-refractivity contribution in [3.63, 3.8) is 0 Å². The first-order valence-electron chi connectivity index (χ1n) is 7.89. The standard InChI is InChI=1S/C18H22N2O5S/c1-12(14-7-5-6-8-15(14)24-3)20-18(21)13-9-10-16(25-4)17(11-13)26(22,23)19-2/h5-12,19H,1-4H3,(H,20,21). The molecule has 2 aromatic rings. The van der Waals surface area contributed by atoms with Gasteiger partial charge in [0.15, 0.2) is 0 Å². The van der Waals surface area contributed by atoms with E-state index in [1.807, 2.05) is 31.2 Å². The number of ether oxygens (including phenoxy) is 2. The Hall–Kier alpha value is -2.58. The number of para-hydroxylation sites is 1. The Morgan fingerprint density at radius 1 is 1.04 bits per heavy atom. The molecule has 7 nitrogen and oxygen atoms in total. The Morgan fingerprint density at radius 3 is 2.31 bits per heavy atom. The minimum atomic E-state index is -3.76. The third-order valence-electron chi connectivity index (χ3n) is 3.94. The van der Waals surface area contributed by atoms with Gasteiger partial charge in [0.05, 0.1) is 20.3 Å². The third-order valence-corrected chi connectivity index (χ3v) is 5.37. The van der Waals surface area contributed by atoms with Gasteiger partial charge in [0.25, 0.3) is 5.91 Å². The lowest BCUT2D eigenvalue weighted by molar-refractivity contribution is 0.0939. The number of hydrogen-bond donors (Lipinski definition) is 2. The first-order chi connectivity index (χ1) is 12.3. The van der Waals surface area contributed by atoms with Gasteiger partial charge in [-0.25, -0.2) is 13.1 Å². The number of benzene rings is 2. The van der Waals surface area contributed by atoms with E-state index in [0.29, 0.717) is 5.75 Å². The van der Waals surface area contributed by atoms with Gasteiger partial charge in [-0.3, -0.25) is 4.79 Å². The maximum atomic E-state index is 12.6. The molecular weight excluding hydrogens is 356 g/mol. The van der Waals surface area contributed by atoms with Crippen molar-refractivity contribution in [2.75, 3.05) is 21.3 Å². The second-order valence-electron chi connectivity index (χ2n) is 5.51. The number of rotatable bonds is 7. The third kappa shape index (κ3) is 4.14. The number of sulfonamides is 1. The number of amides is 1. The molecule has 2 rings (SSSR count). The van der Waals surface area contributed by atoms with Gasteiger partial charge in [0.2, 0.25) is 10.0 Å². The summed E-state index contributed by atoms with van der Waals surface area (Å²) in [6, 6.07) is 11.3. The zero-order valence-electron chi connectivity index (χ0n) is 15.1. The zero-order valence-corrected chi connectivity index (χ0v) is 15.9. The number of nitrogens with one attached hydrogen (secondary N) is 2. The van der Waals surface area contributed by atoms with Gasteiger partial charge in [-0.05, 0) is 38.2 Å². The van der Waals surface area contributed by atoms with E-state index in [9.17, 15) is 13.2 Å². The molecule has 0 saturated carbocycles. The van der Waals surface area contributed by atoms with Crippen molar-refractivity contribution in [3.8, 4) is 11.5 Å². The smallest absolute Gasteiger partial charge is 0.251 e. The Bertz CT molecular complexity index is 896. The molecule has 2 aromatic carbocycles. The number of methoxy groups -OCH3 is 2. The van der Waals surface area contributed by atoms with Crippen LogP contribution >= 0.6 is 0 Å². The van der Waals surface area contributed by atoms with E-state index >= 15 is 0 Å². The fraction of sp³-hybridized carbons (Fsp3) is 0.278. The molecule has 0 radical (unpaired) electrons. The van der Waals surface area contributed by atoms with Gasteiger partial charge >= 0.3 is 0 Å². The molecule has 0 bridgehead atoms. The Morgan fingerprint density at radius 2 is 1.69 bits per heavy atom. The number of hydrogen-bond acceptors (Lipinski definition) is 5. The lowest BCUT2D eigenvalue weighted by Gasteiger charge is -2.18. The molecule has 1 atom stereocenters. The summed E-state index contributed by atoms with van der Waals surface area (Å²) in [6.07, 6.45) is 0. The molecule has 1 unspecified atom stereocenters. The second-order valence-corrected chi connectivity index (χ2v) is 7.37. The van der Waals surface area contributed by atoms with Crippen LogP contribution in [0.5, 0.6) is 11.5 Å². The summed E-state index contributed by atoms with van der Waals surface area (Å²) in [5.41, 5.74) is 1.03. The van der Waals surface area contributed by atoms with Crippen LogP contribution in [0.25, 0.3) is 0 Å². The first kappa shape index (κ1) is 19.7. The predicted octanol–water partition coefficient (Wildman–Crippen LogP) is 2.10. The minimum absolute atomic E-state index is 0.0971. The summed E-state index contributed by atoms with van der Waals surface area (Å²) in [5, 5.41) is 2.85. The molecule has 140 valence electrons. The summed E-state index contributed by atoms with van der Waals surface area (Å²) >= 11 is 0. The SMILES string of the molecule is CNS(=O)(=O)c1cc(C(=O)NC(C)c2ccccc2OC)ccc1OC. The molecule has 2 N–H and O–H groups in total. The van der Waals surface area contributed by atoms with Gasteiger partial charge in [-0.1, -0.05) is 18.2 Å². The molecule has 1 amide bonds. The van der Waals surface area contributed by atoms with Crippen LogP contribution < -0.4 is 19.5 Å². The van der Waals surface area contributed by atoms with E-state index in [1.54, 1.807) is 7.11 Å². The molecule has 8 heteroatoms. The van der Waals surface area contributed by atoms with Crippen molar-refractivity contribution in [1.82, 2.24) is 10.0 Å². The molecule has 0 aliphatic carbocycles. The lowest BCUT2D eigenvalue weighted by atomic mass is 10.1. The summed E-state index contributed by atoms with van der Waals surface area (Å²) in [7, 11) is 0.463. The van der Waals surface area contributed by atoms with E-state index in [1.165, 1.54) is 32.4 Å². The molecular formula is C18H22N2O5S. The number of carbonyl (C=O) groups is 1. The molecule has 0 saturated heterocycles. The molecule has 26 heavy (non-hydrogen) atoms. The monoisotopic (exact) mass is 378 g/mol. The largest absolute Gasteiger partial charge is 0.496 e. The van der Waals surface area contributed by atoms with Gasteiger partial charge < -0.3 is 14.8 Å². The van der Waals surface area contributed by atoms with Crippen LogP contribution in [0.3, 0.4) is 0 Å². The second kappa shape index (κ2) is 8.20. The average Bonchev–Trinajstić information content (AvgIpc) is 2.67. The summed E-state index contributed by atoms with van der Waals surface area (Å²) < 4.78 is 36.9. The van der Waals surface area contributed by atoms with Gasteiger partial charge in [-0.15, -0.1) is 0 Å². The van der Waals surface area contributed by atoms with Crippen LogP contribution in [0, 0.1) is 0 Å². The van der Waals surface area contributed by atoms with Crippen molar-refractivity contribution in [1.29, 1.82) is 0 Å². The summed E-state index contributed by atoms with van der Waals surface area (Å²) in [4.78, 5) is 12.5. The Kier molecular flexibility index (Phi) is 6.23. The summed E-state index contributed by atoms with van der Waals surface area (Å²) in [5.74, 6) is 0.417. The normalized spacial score (nSPS) is 12.3. The highest BCUT2D eigenvalue weighted by molar-refractivity contribution is 7.89. The van der Waals surface area contributed by atoms with E-state index in [0.717, 1.165) is 5.56 Å². The highest BCUT2D eigenvalue weighted by Gasteiger charge is 2.21. The van der Waals surface area contributed by atoms with Crippen LogP contribution in [0.4, 0.5) is 0 Å². The highest BCUT2D eigenvalue weighted by atomic mass is 32.2. The molecule has 0 spiro atoms. The maximum absolute atomic E-state index is 12.6. The fourth-order valence-electron chi connectivity index (χ4n) is 2.52. The molecule has 0 aromatic heterocycles. The van der Waals surface area contributed by atoms with Crippen molar-refractivity contribution < 1.29 is 22.7 Å². The fourth-order valence-corrected chi connectivity index (χ4v) is 3.44. The van der Waals surface area contributed by atoms with Crippen molar-refractivity contribution >= 4 is 15.9 Å². The lowest BCUT2D eigenvalue weighted by Crippen LogP contribution is -2.27. The van der Waals surface area contributed by atoms with Crippen LogP contribution in [-0.2, 0) is 10.0 Å². The van der Waals surface area contributed by atoms with Gasteiger partial charge in [0, 0.05) is 11.1 Å². The van der Waals surface area contributed by atoms with Crippen molar-refractivity contribution in [3.05, 3.63) is 53.6 Å². The van der Waals surface area contributed by atoms with Crippen LogP contribution in [0.15, 0.2) is 47.4 Å². The van der Waals surface area contributed by atoms with Crippen molar-refractivity contribution in [2.45, 2.75) is 17.9 Å². The highest BCUT2D eigenvalue weighted by Crippen LogP contribution is 2.27. The maximum Gasteiger partial charge on any atom is 0.251 e. The van der Waals surface area contributed by atoms with E-state index < -0.39 is 15.9 Å². The molecule has 0 aliphatic heterocycles. The molecule has 0 fully saturated rings. The van der Waals surface area contributed by atoms with Crippen LogP contribution in [-0.4, -0.2) is 35.6 Å². The Balaban J connectivity index is 2.31. The van der Waals surface area contributed by atoms with E-state index in [4.69, 9.17) is 9.47 Å².